The van der Waals surface area contributed by atoms with Crippen molar-refractivity contribution in [2.75, 3.05) is 7.11 Å². The average molecular weight is 372 g/mol. The lowest BCUT2D eigenvalue weighted by Crippen LogP contribution is -2.43. The van der Waals surface area contributed by atoms with Crippen molar-refractivity contribution in [2.24, 2.45) is 0 Å². The van der Waals surface area contributed by atoms with Crippen LogP contribution in [0.25, 0.3) is 22.8 Å². The molecule has 3 aliphatic rings. The molecule has 1 aromatic carbocycles. The molecule has 0 unspecified atom stereocenters. The van der Waals surface area contributed by atoms with E-state index >= 15 is 0 Å². The van der Waals surface area contributed by atoms with E-state index in [9.17, 15) is 4.79 Å². The Morgan fingerprint density at radius 1 is 1.14 bits per heavy atom. The molecule has 1 amide bonds. The zero-order chi connectivity index (χ0) is 18.9. The topological polar surface area (TPSA) is 79.9 Å². The number of nitrogens with one attached hydrogen (secondary N) is 2. The summed E-state index contributed by atoms with van der Waals surface area (Å²) < 4.78 is 5.24. The molecule has 2 aliphatic carbocycles. The number of carbonyl (C=O) groups excluding carboxylic acids is 1. The van der Waals surface area contributed by atoms with Gasteiger partial charge in [-0.15, -0.1) is 0 Å². The van der Waals surface area contributed by atoms with Crippen molar-refractivity contribution in [3.63, 3.8) is 0 Å². The number of nitrogens with zero attached hydrogens (tertiary/aromatic N) is 2. The molecule has 6 nitrogen and oxygen atoms in total. The highest BCUT2D eigenvalue weighted by molar-refractivity contribution is 6.01. The fourth-order valence-electron chi connectivity index (χ4n) is 4.54. The van der Waals surface area contributed by atoms with Crippen LogP contribution < -0.4 is 10.1 Å². The number of hydrogen-bond acceptors (Lipinski definition) is 4. The third-order valence-electron chi connectivity index (χ3n) is 6.25. The molecule has 0 bridgehead atoms. The second-order valence-electron chi connectivity index (χ2n) is 8.04. The quantitative estimate of drug-likeness (QED) is 0.725. The first kappa shape index (κ1) is 15.9. The van der Waals surface area contributed by atoms with Crippen LogP contribution in [0.2, 0.25) is 0 Å². The molecule has 3 aromatic rings. The SMILES string of the molecule is COc1ccc(-c2ncc3c(n2)-c2[nH]c4c(c2CC3)C(=O)NC2(CC2)C4)cc1. The summed E-state index contributed by atoms with van der Waals surface area (Å²) in [7, 11) is 1.65. The molecule has 0 radical (unpaired) electrons. The highest BCUT2D eigenvalue weighted by Gasteiger charge is 2.49. The summed E-state index contributed by atoms with van der Waals surface area (Å²) in [5.41, 5.74) is 7.03. The van der Waals surface area contributed by atoms with Gasteiger partial charge in [-0.1, -0.05) is 0 Å². The molecular weight excluding hydrogens is 352 g/mol. The fourth-order valence-corrected chi connectivity index (χ4v) is 4.54. The van der Waals surface area contributed by atoms with Crippen molar-refractivity contribution in [1.82, 2.24) is 20.3 Å². The highest BCUT2D eigenvalue weighted by Crippen LogP contribution is 2.45. The lowest BCUT2D eigenvalue weighted by atomic mass is 9.89. The number of aromatic nitrogens is 3. The van der Waals surface area contributed by atoms with E-state index in [1.165, 1.54) is 0 Å². The molecule has 6 rings (SSSR count). The molecule has 0 saturated heterocycles. The Labute approximate surface area is 162 Å². The number of aromatic amines is 1. The van der Waals surface area contributed by atoms with Crippen molar-refractivity contribution < 1.29 is 9.53 Å². The molecule has 2 N–H and O–H groups in total. The average Bonchev–Trinajstić information content (AvgIpc) is 3.34. The van der Waals surface area contributed by atoms with Crippen LogP contribution in [0, 0.1) is 0 Å². The molecule has 6 heteroatoms. The minimum atomic E-state index is 0.000286. The Hall–Kier alpha value is -3.15. The van der Waals surface area contributed by atoms with E-state index in [-0.39, 0.29) is 11.4 Å². The van der Waals surface area contributed by atoms with Crippen molar-refractivity contribution in [2.45, 2.75) is 37.6 Å². The number of aryl methyl sites for hydroxylation is 1. The molecular formula is C22H20N4O2. The molecule has 1 saturated carbocycles. The number of ether oxygens (including phenoxy) is 1. The summed E-state index contributed by atoms with van der Waals surface area (Å²) in [6, 6.07) is 7.76. The number of benzene rings is 1. The summed E-state index contributed by atoms with van der Waals surface area (Å²) in [4.78, 5) is 25.8. The molecule has 1 spiro atoms. The van der Waals surface area contributed by atoms with E-state index in [1.54, 1.807) is 7.11 Å². The number of hydrogen-bond donors (Lipinski definition) is 2. The van der Waals surface area contributed by atoms with Crippen LogP contribution >= 0.6 is 0 Å². The van der Waals surface area contributed by atoms with E-state index in [0.29, 0.717) is 5.82 Å². The number of carbonyl (C=O) groups is 1. The first-order valence-electron chi connectivity index (χ1n) is 9.73. The number of fused-ring (bicyclic) bond motifs is 5. The molecule has 2 aromatic heterocycles. The van der Waals surface area contributed by atoms with E-state index in [0.717, 1.165) is 77.2 Å². The van der Waals surface area contributed by atoms with Crippen molar-refractivity contribution in [3.8, 4) is 28.5 Å². The largest absolute Gasteiger partial charge is 0.497 e. The third kappa shape index (κ3) is 2.24. The molecule has 0 atom stereocenters. The van der Waals surface area contributed by atoms with Gasteiger partial charge in [0.15, 0.2) is 5.82 Å². The van der Waals surface area contributed by atoms with Crippen molar-refractivity contribution >= 4 is 5.91 Å². The zero-order valence-electron chi connectivity index (χ0n) is 15.6. The predicted molar refractivity (Wildman–Crippen MR) is 104 cm³/mol. The summed E-state index contributed by atoms with van der Waals surface area (Å²) in [5.74, 6) is 1.56. The highest BCUT2D eigenvalue weighted by atomic mass is 16.5. The maximum atomic E-state index is 12.8. The number of H-pyrrole nitrogens is 1. The van der Waals surface area contributed by atoms with Crippen LogP contribution in [0.3, 0.4) is 0 Å². The first-order valence-corrected chi connectivity index (χ1v) is 9.73. The lowest BCUT2D eigenvalue weighted by Gasteiger charge is -2.23. The second-order valence-corrected chi connectivity index (χ2v) is 8.04. The van der Waals surface area contributed by atoms with Gasteiger partial charge in [0.25, 0.3) is 5.91 Å². The van der Waals surface area contributed by atoms with Crippen LogP contribution in [0.4, 0.5) is 0 Å². The normalized spacial score (nSPS) is 18.1. The van der Waals surface area contributed by atoms with Gasteiger partial charge < -0.3 is 15.0 Å². The van der Waals surface area contributed by atoms with Crippen LogP contribution in [0.15, 0.2) is 30.5 Å². The Kier molecular flexibility index (Phi) is 3.08. The molecule has 28 heavy (non-hydrogen) atoms. The first-order chi connectivity index (χ1) is 13.7. The van der Waals surface area contributed by atoms with Crippen LogP contribution in [-0.2, 0) is 19.3 Å². The Balaban J connectivity index is 1.46. The van der Waals surface area contributed by atoms with Crippen molar-refractivity contribution in [1.29, 1.82) is 0 Å². The van der Waals surface area contributed by atoms with E-state index in [1.807, 2.05) is 30.5 Å². The number of methoxy groups -OCH3 is 1. The minimum absolute atomic E-state index is 0.000286. The lowest BCUT2D eigenvalue weighted by molar-refractivity contribution is 0.0917. The zero-order valence-corrected chi connectivity index (χ0v) is 15.6. The van der Waals surface area contributed by atoms with Gasteiger partial charge >= 0.3 is 0 Å². The Bertz CT molecular complexity index is 1130. The van der Waals surface area contributed by atoms with Gasteiger partial charge in [0.05, 0.1) is 24.1 Å². The van der Waals surface area contributed by atoms with Gasteiger partial charge in [-0.05, 0) is 61.1 Å². The number of amides is 1. The van der Waals surface area contributed by atoms with Gasteiger partial charge in [0.2, 0.25) is 0 Å². The van der Waals surface area contributed by atoms with Gasteiger partial charge in [-0.2, -0.15) is 0 Å². The maximum absolute atomic E-state index is 12.8. The second kappa shape index (κ2) is 5.44. The molecule has 140 valence electrons. The monoisotopic (exact) mass is 372 g/mol. The van der Waals surface area contributed by atoms with Crippen LogP contribution in [0.1, 0.15) is 40.0 Å². The summed E-state index contributed by atoms with van der Waals surface area (Å²) in [6.07, 6.45) is 6.66. The molecule has 1 aliphatic heterocycles. The maximum Gasteiger partial charge on any atom is 0.253 e. The third-order valence-corrected chi connectivity index (χ3v) is 6.25. The summed E-state index contributed by atoms with van der Waals surface area (Å²) in [5, 5.41) is 3.23. The standard InChI is InChI=1S/C22H20N4O2/c1-28-14-5-2-12(3-6-14)20-23-11-13-4-7-15-17-16(24-19(15)18(13)25-20)10-22(8-9-22)26-21(17)27/h2-3,5-6,11,24H,4,7-10H2,1H3,(H,26,27). The van der Waals surface area contributed by atoms with Gasteiger partial charge in [-0.25, -0.2) is 9.97 Å². The van der Waals surface area contributed by atoms with Gasteiger partial charge in [0.1, 0.15) is 5.75 Å². The van der Waals surface area contributed by atoms with E-state index in [2.05, 4.69) is 15.3 Å². The Morgan fingerprint density at radius 3 is 2.71 bits per heavy atom. The van der Waals surface area contributed by atoms with Crippen LogP contribution in [0.5, 0.6) is 5.75 Å². The number of rotatable bonds is 2. The van der Waals surface area contributed by atoms with Crippen LogP contribution in [-0.4, -0.2) is 33.5 Å². The Morgan fingerprint density at radius 2 is 1.96 bits per heavy atom. The van der Waals surface area contributed by atoms with E-state index < -0.39 is 0 Å². The molecule has 3 heterocycles. The van der Waals surface area contributed by atoms with Gasteiger partial charge in [-0.3, -0.25) is 4.79 Å². The molecule has 1 fully saturated rings. The van der Waals surface area contributed by atoms with E-state index in [4.69, 9.17) is 9.72 Å². The summed E-state index contributed by atoms with van der Waals surface area (Å²) in [6.45, 7) is 0. The summed E-state index contributed by atoms with van der Waals surface area (Å²) >= 11 is 0. The van der Waals surface area contributed by atoms with Crippen molar-refractivity contribution in [3.05, 3.63) is 52.8 Å². The predicted octanol–water partition coefficient (Wildman–Crippen LogP) is 3.06. The fraction of sp³-hybridized carbons (Fsp3) is 0.318. The minimum Gasteiger partial charge on any atom is -0.497 e. The smallest absolute Gasteiger partial charge is 0.253 e. The van der Waals surface area contributed by atoms with Gasteiger partial charge in [0, 0.05) is 29.4 Å².